The third-order valence-corrected chi connectivity index (χ3v) is 3.54. The second kappa shape index (κ2) is 6.91. The van der Waals surface area contributed by atoms with Gasteiger partial charge in [-0.25, -0.2) is 0 Å². The summed E-state index contributed by atoms with van der Waals surface area (Å²) in [6.07, 6.45) is 2.01. The molecule has 2 aromatic heterocycles. The second-order valence-corrected chi connectivity index (χ2v) is 5.16. The molecular formula is C17H16N4O3. The van der Waals surface area contributed by atoms with Gasteiger partial charge in [0.15, 0.2) is 5.65 Å². The molecule has 1 amide bonds. The van der Waals surface area contributed by atoms with Gasteiger partial charge in [0.2, 0.25) is 5.91 Å². The highest BCUT2D eigenvalue weighted by atomic mass is 16.5. The SMILES string of the molecule is COc1ccc(NC(=O)CCc2nnc3ccccn3c2=O)cc1. The van der Waals surface area contributed by atoms with Gasteiger partial charge in [-0.1, -0.05) is 6.07 Å². The number of aryl methyl sites for hydroxylation is 1. The Kier molecular flexibility index (Phi) is 4.51. The summed E-state index contributed by atoms with van der Waals surface area (Å²) >= 11 is 0. The number of amides is 1. The minimum Gasteiger partial charge on any atom is -0.497 e. The predicted molar refractivity (Wildman–Crippen MR) is 89.2 cm³/mol. The molecule has 0 fully saturated rings. The molecule has 0 aliphatic heterocycles. The molecule has 7 heteroatoms. The maximum Gasteiger partial charge on any atom is 0.279 e. The van der Waals surface area contributed by atoms with Crippen molar-refractivity contribution in [1.82, 2.24) is 14.6 Å². The summed E-state index contributed by atoms with van der Waals surface area (Å²) in [6.45, 7) is 0. The Morgan fingerprint density at radius 3 is 2.71 bits per heavy atom. The van der Waals surface area contributed by atoms with Crippen LogP contribution in [0.2, 0.25) is 0 Å². The number of benzene rings is 1. The van der Waals surface area contributed by atoms with E-state index < -0.39 is 0 Å². The topological polar surface area (TPSA) is 85.6 Å². The zero-order valence-electron chi connectivity index (χ0n) is 13.1. The number of carbonyl (C=O) groups is 1. The normalized spacial score (nSPS) is 10.5. The second-order valence-electron chi connectivity index (χ2n) is 5.16. The van der Waals surface area contributed by atoms with Crippen LogP contribution in [0.5, 0.6) is 5.75 Å². The third-order valence-electron chi connectivity index (χ3n) is 3.54. The maximum absolute atomic E-state index is 12.3. The number of carbonyl (C=O) groups excluding carboxylic acids is 1. The Bertz CT molecular complexity index is 919. The van der Waals surface area contributed by atoms with Gasteiger partial charge in [-0.05, 0) is 36.4 Å². The van der Waals surface area contributed by atoms with E-state index in [9.17, 15) is 9.59 Å². The first-order valence-corrected chi connectivity index (χ1v) is 7.44. The van der Waals surface area contributed by atoms with Crippen molar-refractivity contribution in [3.8, 4) is 5.75 Å². The lowest BCUT2D eigenvalue weighted by molar-refractivity contribution is -0.116. The van der Waals surface area contributed by atoms with Crippen molar-refractivity contribution >= 4 is 17.2 Å². The molecule has 0 aliphatic carbocycles. The number of nitrogens with one attached hydrogen (secondary N) is 1. The van der Waals surface area contributed by atoms with E-state index in [2.05, 4.69) is 15.5 Å². The molecule has 0 radical (unpaired) electrons. The number of rotatable bonds is 5. The lowest BCUT2D eigenvalue weighted by atomic mass is 10.2. The number of ether oxygens (including phenoxy) is 1. The zero-order valence-corrected chi connectivity index (χ0v) is 13.1. The highest BCUT2D eigenvalue weighted by Crippen LogP contribution is 2.15. The fourth-order valence-electron chi connectivity index (χ4n) is 2.27. The molecule has 0 bridgehead atoms. The fraction of sp³-hybridized carbons (Fsp3) is 0.176. The average molecular weight is 324 g/mol. The number of pyridine rings is 1. The molecule has 0 spiro atoms. The number of hydrogen-bond acceptors (Lipinski definition) is 5. The summed E-state index contributed by atoms with van der Waals surface area (Å²) in [5, 5.41) is 10.7. The highest BCUT2D eigenvalue weighted by Gasteiger charge is 2.09. The average Bonchev–Trinajstić information content (AvgIpc) is 2.62. The molecule has 3 aromatic rings. The number of fused-ring (bicyclic) bond motifs is 1. The summed E-state index contributed by atoms with van der Waals surface area (Å²) in [5.41, 5.74) is 1.16. The lowest BCUT2D eigenvalue weighted by Gasteiger charge is -2.06. The molecule has 1 N–H and O–H groups in total. The van der Waals surface area contributed by atoms with E-state index in [1.165, 1.54) is 4.40 Å². The maximum atomic E-state index is 12.3. The number of methoxy groups -OCH3 is 1. The van der Waals surface area contributed by atoms with Crippen molar-refractivity contribution in [2.75, 3.05) is 12.4 Å². The molecule has 0 unspecified atom stereocenters. The van der Waals surface area contributed by atoms with Crippen LogP contribution in [0.3, 0.4) is 0 Å². The van der Waals surface area contributed by atoms with Crippen molar-refractivity contribution in [3.63, 3.8) is 0 Å². The summed E-state index contributed by atoms with van der Waals surface area (Å²) in [5.74, 6) is 0.520. The van der Waals surface area contributed by atoms with E-state index in [1.54, 1.807) is 55.8 Å². The highest BCUT2D eigenvalue weighted by molar-refractivity contribution is 5.90. The Balaban J connectivity index is 1.65. The summed E-state index contributed by atoms with van der Waals surface area (Å²) in [7, 11) is 1.58. The Hall–Kier alpha value is -3.22. The Morgan fingerprint density at radius 1 is 1.17 bits per heavy atom. The lowest BCUT2D eigenvalue weighted by Crippen LogP contribution is -2.23. The van der Waals surface area contributed by atoms with E-state index in [4.69, 9.17) is 4.74 Å². The molecule has 7 nitrogen and oxygen atoms in total. The van der Waals surface area contributed by atoms with Crippen molar-refractivity contribution in [2.45, 2.75) is 12.8 Å². The van der Waals surface area contributed by atoms with Gasteiger partial charge in [0.1, 0.15) is 11.4 Å². The number of anilines is 1. The summed E-state index contributed by atoms with van der Waals surface area (Å²) in [4.78, 5) is 24.3. The molecule has 0 saturated heterocycles. The third kappa shape index (κ3) is 3.40. The molecule has 0 aliphatic rings. The quantitative estimate of drug-likeness (QED) is 0.771. The van der Waals surface area contributed by atoms with Crippen LogP contribution < -0.4 is 15.6 Å². The molecule has 2 heterocycles. The van der Waals surface area contributed by atoms with Crippen LogP contribution in [0, 0.1) is 0 Å². The van der Waals surface area contributed by atoms with Gasteiger partial charge in [-0.3, -0.25) is 14.0 Å². The first-order chi connectivity index (χ1) is 11.7. The molecule has 122 valence electrons. The van der Waals surface area contributed by atoms with Crippen LogP contribution in [0.25, 0.3) is 5.65 Å². The molecule has 1 aromatic carbocycles. The molecular weight excluding hydrogens is 308 g/mol. The van der Waals surface area contributed by atoms with Crippen LogP contribution in [0.15, 0.2) is 53.5 Å². The van der Waals surface area contributed by atoms with E-state index in [0.717, 1.165) is 0 Å². The van der Waals surface area contributed by atoms with Crippen LogP contribution in [-0.2, 0) is 11.2 Å². The van der Waals surface area contributed by atoms with Gasteiger partial charge in [0.05, 0.1) is 7.11 Å². The zero-order chi connectivity index (χ0) is 16.9. The largest absolute Gasteiger partial charge is 0.497 e. The van der Waals surface area contributed by atoms with Gasteiger partial charge in [0, 0.05) is 24.7 Å². The summed E-state index contributed by atoms with van der Waals surface area (Å²) in [6, 6.07) is 12.3. The van der Waals surface area contributed by atoms with Crippen LogP contribution in [-0.4, -0.2) is 27.6 Å². The van der Waals surface area contributed by atoms with Gasteiger partial charge < -0.3 is 10.1 Å². The van der Waals surface area contributed by atoms with Gasteiger partial charge in [-0.15, -0.1) is 10.2 Å². The monoisotopic (exact) mass is 324 g/mol. The summed E-state index contributed by atoms with van der Waals surface area (Å²) < 4.78 is 6.48. The van der Waals surface area contributed by atoms with Crippen molar-refractivity contribution in [2.24, 2.45) is 0 Å². The van der Waals surface area contributed by atoms with Crippen molar-refractivity contribution < 1.29 is 9.53 Å². The van der Waals surface area contributed by atoms with Crippen LogP contribution >= 0.6 is 0 Å². The Labute approximate surface area is 137 Å². The fourth-order valence-corrected chi connectivity index (χ4v) is 2.27. The van der Waals surface area contributed by atoms with E-state index >= 15 is 0 Å². The first-order valence-electron chi connectivity index (χ1n) is 7.44. The minimum absolute atomic E-state index is 0.148. The van der Waals surface area contributed by atoms with E-state index in [1.807, 2.05) is 0 Å². The number of aromatic nitrogens is 3. The molecule has 24 heavy (non-hydrogen) atoms. The van der Waals surface area contributed by atoms with Gasteiger partial charge in [-0.2, -0.15) is 0 Å². The first kappa shape index (κ1) is 15.7. The van der Waals surface area contributed by atoms with Crippen molar-refractivity contribution in [3.05, 3.63) is 64.7 Å². The van der Waals surface area contributed by atoms with Crippen LogP contribution in [0.4, 0.5) is 5.69 Å². The number of hydrogen-bond donors (Lipinski definition) is 1. The predicted octanol–water partition coefficient (Wildman–Crippen LogP) is 1.67. The van der Waals surface area contributed by atoms with Gasteiger partial charge >= 0.3 is 0 Å². The van der Waals surface area contributed by atoms with E-state index in [0.29, 0.717) is 17.1 Å². The number of nitrogens with zero attached hydrogens (tertiary/aromatic N) is 3. The Morgan fingerprint density at radius 2 is 1.96 bits per heavy atom. The smallest absolute Gasteiger partial charge is 0.279 e. The molecule has 0 atom stereocenters. The molecule has 0 saturated carbocycles. The van der Waals surface area contributed by atoms with E-state index in [-0.39, 0.29) is 30.0 Å². The van der Waals surface area contributed by atoms with Gasteiger partial charge in [0.25, 0.3) is 5.56 Å². The van der Waals surface area contributed by atoms with Crippen LogP contribution in [0.1, 0.15) is 12.1 Å². The van der Waals surface area contributed by atoms with Crippen molar-refractivity contribution in [1.29, 1.82) is 0 Å². The molecule has 3 rings (SSSR count). The standard InChI is InChI=1S/C17H16N4O3/c1-24-13-7-5-12(6-8-13)18-16(22)10-9-14-17(23)21-11-3-2-4-15(21)20-19-14/h2-8,11H,9-10H2,1H3,(H,18,22). The minimum atomic E-state index is -0.252.